The zero-order chi connectivity index (χ0) is 23.6. The Morgan fingerprint density at radius 1 is 1.15 bits per heavy atom. The lowest BCUT2D eigenvalue weighted by atomic mass is 10.0. The van der Waals surface area contributed by atoms with E-state index in [4.69, 9.17) is 0 Å². The van der Waals surface area contributed by atoms with Crippen molar-refractivity contribution in [3.8, 4) is 5.69 Å². The summed E-state index contributed by atoms with van der Waals surface area (Å²) in [6, 6.07) is 18.3. The smallest absolute Gasteiger partial charge is 0.293 e. The molecule has 1 N–H and O–H groups in total. The molecular formula is C26H33N5O2. The van der Waals surface area contributed by atoms with E-state index in [-0.39, 0.29) is 18.3 Å². The Morgan fingerprint density at radius 3 is 2.58 bits per heavy atom. The first kappa shape index (κ1) is 23.1. The highest BCUT2D eigenvalue weighted by atomic mass is 16.3. The van der Waals surface area contributed by atoms with Crippen LogP contribution in [0.25, 0.3) is 5.69 Å². The van der Waals surface area contributed by atoms with Crippen LogP contribution in [0.1, 0.15) is 53.8 Å². The normalized spacial score (nSPS) is 18.7. The quantitative estimate of drug-likeness (QED) is 0.601. The minimum Gasteiger partial charge on any atom is -0.387 e. The van der Waals surface area contributed by atoms with Gasteiger partial charge in [0.15, 0.2) is 0 Å². The van der Waals surface area contributed by atoms with Crippen LogP contribution in [0.5, 0.6) is 0 Å². The first-order valence-electron chi connectivity index (χ1n) is 11.5. The molecule has 0 bridgehead atoms. The molecule has 0 radical (unpaired) electrons. The van der Waals surface area contributed by atoms with Crippen LogP contribution in [0, 0.1) is 6.92 Å². The van der Waals surface area contributed by atoms with Crippen LogP contribution in [0.15, 0.2) is 54.6 Å². The van der Waals surface area contributed by atoms with Crippen molar-refractivity contribution in [1.29, 1.82) is 0 Å². The Bertz CT molecular complexity index is 1110. The van der Waals surface area contributed by atoms with Gasteiger partial charge in [0.05, 0.1) is 17.8 Å². The maximum absolute atomic E-state index is 13.1. The van der Waals surface area contributed by atoms with Gasteiger partial charge in [-0.25, -0.2) is 9.67 Å². The van der Waals surface area contributed by atoms with E-state index in [1.54, 1.807) is 16.6 Å². The first-order valence-corrected chi connectivity index (χ1v) is 11.5. The number of likely N-dealkylation sites (tertiary alicyclic amines) is 1. The average molecular weight is 448 g/mol. The lowest BCUT2D eigenvalue weighted by molar-refractivity contribution is 0.0166. The molecule has 4 rings (SSSR count). The summed E-state index contributed by atoms with van der Waals surface area (Å²) >= 11 is 0. The van der Waals surface area contributed by atoms with E-state index in [2.05, 4.69) is 47.0 Å². The van der Waals surface area contributed by atoms with E-state index in [0.717, 1.165) is 24.3 Å². The van der Waals surface area contributed by atoms with Crippen LogP contribution in [0.2, 0.25) is 0 Å². The molecule has 2 heterocycles. The molecule has 1 fully saturated rings. The van der Waals surface area contributed by atoms with Gasteiger partial charge < -0.3 is 10.0 Å². The molecule has 1 amide bonds. The zero-order valence-corrected chi connectivity index (χ0v) is 19.9. The third-order valence-electron chi connectivity index (χ3n) is 6.29. The Balaban J connectivity index is 1.44. The van der Waals surface area contributed by atoms with Gasteiger partial charge in [-0.15, -0.1) is 5.10 Å². The Kier molecular flexibility index (Phi) is 6.63. The van der Waals surface area contributed by atoms with Crippen molar-refractivity contribution in [3.05, 3.63) is 77.4 Å². The molecule has 2 aromatic carbocycles. The standard InChI is InChI=1S/C26H33N5O2/c1-19(2)22-12-8-9-13-23(22)31-20(3)27-24(28-31)25(32)29(4)17-26(33)14-15-30(18-26)16-21-10-6-5-7-11-21/h5-13,19,33H,14-18H2,1-4H3. The highest BCUT2D eigenvalue weighted by Gasteiger charge is 2.38. The third-order valence-corrected chi connectivity index (χ3v) is 6.29. The Labute approximate surface area is 195 Å². The predicted octanol–water partition coefficient (Wildman–Crippen LogP) is 3.41. The lowest BCUT2D eigenvalue weighted by Crippen LogP contribution is -2.46. The molecule has 3 aromatic rings. The van der Waals surface area contributed by atoms with Crippen LogP contribution < -0.4 is 0 Å². The summed E-state index contributed by atoms with van der Waals surface area (Å²) in [5, 5.41) is 15.7. The predicted molar refractivity (Wildman–Crippen MR) is 128 cm³/mol. The molecule has 0 spiro atoms. The van der Waals surface area contributed by atoms with E-state index in [1.165, 1.54) is 5.56 Å². The minimum absolute atomic E-state index is 0.149. The van der Waals surface area contributed by atoms with E-state index >= 15 is 0 Å². The van der Waals surface area contributed by atoms with Crippen molar-refractivity contribution in [2.45, 2.75) is 45.3 Å². The van der Waals surface area contributed by atoms with Crippen molar-refractivity contribution in [3.63, 3.8) is 0 Å². The van der Waals surface area contributed by atoms with Crippen molar-refractivity contribution in [2.24, 2.45) is 0 Å². The highest BCUT2D eigenvalue weighted by molar-refractivity contribution is 5.90. The van der Waals surface area contributed by atoms with Crippen LogP contribution in [0.4, 0.5) is 0 Å². The van der Waals surface area contributed by atoms with Crippen molar-refractivity contribution < 1.29 is 9.90 Å². The van der Waals surface area contributed by atoms with Gasteiger partial charge in [-0.1, -0.05) is 62.4 Å². The van der Waals surface area contributed by atoms with Gasteiger partial charge in [-0.05, 0) is 36.5 Å². The molecule has 0 saturated carbocycles. The summed E-state index contributed by atoms with van der Waals surface area (Å²) in [5.41, 5.74) is 2.36. The number of aryl methyl sites for hydroxylation is 1. The number of hydrogen-bond acceptors (Lipinski definition) is 5. The maximum atomic E-state index is 13.1. The van der Waals surface area contributed by atoms with Crippen molar-refractivity contribution >= 4 is 5.91 Å². The molecule has 1 atom stereocenters. The maximum Gasteiger partial charge on any atom is 0.293 e. The fraction of sp³-hybridized carbons (Fsp3) is 0.423. The van der Waals surface area contributed by atoms with Crippen LogP contribution in [-0.2, 0) is 6.54 Å². The number of hydrogen-bond donors (Lipinski definition) is 1. The summed E-state index contributed by atoms with van der Waals surface area (Å²) in [7, 11) is 1.71. The van der Waals surface area contributed by atoms with E-state index in [1.807, 2.05) is 43.3 Å². The number of amides is 1. The van der Waals surface area contributed by atoms with Crippen LogP contribution in [-0.4, -0.2) is 67.9 Å². The van der Waals surface area contributed by atoms with Gasteiger partial charge >= 0.3 is 0 Å². The lowest BCUT2D eigenvalue weighted by Gasteiger charge is -2.28. The fourth-order valence-corrected chi connectivity index (χ4v) is 4.61. The van der Waals surface area contributed by atoms with E-state index in [9.17, 15) is 9.90 Å². The SMILES string of the molecule is Cc1nc(C(=O)N(C)CC2(O)CCN(Cc3ccccc3)C2)nn1-c1ccccc1C(C)C. The molecule has 1 aliphatic rings. The third kappa shape index (κ3) is 5.15. The number of benzene rings is 2. The summed E-state index contributed by atoms with van der Waals surface area (Å²) in [5.74, 6) is 0.848. The van der Waals surface area contributed by atoms with Gasteiger partial charge in [0, 0.05) is 26.7 Å². The van der Waals surface area contributed by atoms with Gasteiger partial charge in [-0.2, -0.15) is 0 Å². The number of para-hydroxylation sites is 1. The minimum atomic E-state index is -0.943. The summed E-state index contributed by atoms with van der Waals surface area (Å²) in [6.45, 7) is 8.48. The molecule has 174 valence electrons. The molecule has 1 saturated heterocycles. The largest absolute Gasteiger partial charge is 0.387 e. The molecule has 7 heteroatoms. The molecule has 7 nitrogen and oxygen atoms in total. The summed E-state index contributed by atoms with van der Waals surface area (Å²) < 4.78 is 1.74. The van der Waals surface area contributed by atoms with Gasteiger partial charge in [0.25, 0.3) is 5.91 Å². The van der Waals surface area contributed by atoms with E-state index < -0.39 is 5.60 Å². The topological polar surface area (TPSA) is 74.5 Å². The number of likely N-dealkylation sites (N-methyl/N-ethyl adjacent to an activating group) is 1. The monoisotopic (exact) mass is 447 g/mol. The van der Waals surface area contributed by atoms with Crippen molar-refractivity contribution in [1.82, 2.24) is 24.6 Å². The highest BCUT2D eigenvalue weighted by Crippen LogP contribution is 2.25. The second-order valence-electron chi connectivity index (χ2n) is 9.44. The molecule has 1 aromatic heterocycles. The van der Waals surface area contributed by atoms with E-state index in [0.29, 0.717) is 24.7 Å². The number of nitrogens with zero attached hydrogens (tertiary/aromatic N) is 5. The number of aliphatic hydroxyl groups is 1. The fourth-order valence-electron chi connectivity index (χ4n) is 4.61. The first-order chi connectivity index (χ1) is 15.8. The number of rotatable bonds is 7. The summed E-state index contributed by atoms with van der Waals surface area (Å²) in [4.78, 5) is 21.3. The number of β-amino-alcohol motifs (C(OH)–C–C–N with tert-alkyl or cyclic N) is 1. The average Bonchev–Trinajstić information content (AvgIpc) is 3.36. The Hall–Kier alpha value is -3.03. The number of carbonyl (C=O) groups excluding carboxylic acids is 1. The van der Waals surface area contributed by atoms with Crippen molar-refractivity contribution in [2.75, 3.05) is 26.7 Å². The molecular weight excluding hydrogens is 414 g/mol. The Morgan fingerprint density at radius 2 is 1.85 bits per heavy atom. The second-order valence-corrected chi connectivity index (χ2v) is 9.44. The van der Waals surface area contributed by atoms with Crippen LogP contribution in [0.3, 0.4) is 0 Å². The summed E-state index contributed by atoms with van der Waals surface area (Å²) in [6.07, 6.45) is 0.625. The number of aromatic nitrogens is 3. The molecule has 1 aliphatic heterocycles. The second kappa shape index (κ2) is 9.45. The van der Waals surface area contributed by atoms with Gasteiger partial charge in [-0.3, -0.25) is 9.69 Å². The van der Waals surface area contributed by atoms with Gasteiger partial charge in [0.1, 0.15) is 5.82 Å². The van der Waals surface area contributed by atoms with Gasteiger partial charge in [0.2, 0.25) is 5.82 Å². The molecule has 0 aliphatic carbocycles. The number of carbonyl (C=O) groups is 1. The molecule has 33 heavy (non-hydrogen) atoms. The molecule has 1 unspecified atom stereocenters. The van der Waals surface area contributed by atoms with Crippen LogP contribution >= 0.6 is 0 Å². The zero-order valence-electron chi connectivity index (χ0n) is 19.9.